The highest BCUT2D eigenvalue weighted by atomic mass is 79.9. The van der Waals surface area contributed by atoms with Crippen molar-refractivity contribution in [3.05, 3.63) is 28.5 Å². The maximum atomic E-state index is 13.5. The summed E-state index contributed by atoms with van der Waals surface area (Å²) in [5.74, 6) is -0.710. The summed E-state index contributed by atoms with van der Waals surface area (Å²) in [5.41, 5.74) is 0.0669. The highest BCUT2D eigenvalue weighted by Crippen LogP contribution is 2.24. The summed E-state index contributed by atoms with van der Waals surface area (Å²) in [6, 6.07) is 4.34. The minimum absolute atomic E-state index is 0. The van der Waals surface area contributed by atoms with Gasteiger partial charge < -0.3 is 10.6 Å². The summed E-state index contributed by atoms with van der Waals surface area (Å²) >= 11 is 3.14. The molecular weight excluding hydrogens is 284 g/mol. The molecule has 0 saturated heterocycles. The molecule has 1 aliphatic rings. The van der Waals surface area contributed by atoms with Crippen LogP contribution in [-0.2, 0) is 0 Å². The van der Waals surface area contributed by atoms with Crippen molar-refractivity contribution in [3.63, 3.8) is 0 Å². The SMILES string of the molecule is Cl.[2H]C1([2H])N=C(Nc2c(F)cccc2Br)NC1([2H])[2H]. The molecule has 1 aliphatic heterocycles. The minimum atomic E-state index is -2.41. The second-order valence-corrected chi connectivity index (χ2v) is 3.40. The minimum Gasteiger partial charge on any atom is -0.354 e. The van der Waals surface area contributed by atoms with Gasteiger partial charge in [-0.15, -0.1) is 12.4 Å². The lowest BCUT2D eigenvalue weighted by molar-refractivity contribution is 0.631. The van der Waals surface area contributed by atoms with Gasteiger partial charge in [0.2, 0.25) is 0 Å². The van der Waals surface area contributed by atoms with Crippen molar-refractivity contribution in [1.29, 1.82) is 0 Å². The van der Waals surface area contributed by atoms with Gasteiger partial charge in [0.15, 0.2) is 5.96 Å². The number of para-hydroxylation sites is 1. The number of nitrogens with zero attached hydrogens (tertiary/aromatic N) is 1. The Morgan fingerprint density at radius 1 is 1.60 bits per heavy atom. The number of halogens is 3. The molecule has 2 N–H and O–H groups in total. The Balaban J connectivity index is 0.00000180. The van der Waals surface area contributed by atoms with Gasteiger partial charge in [-0.3, -0.25) is 4.99 Å². The Morgan fingerprint density at radius 3 is 3.00 bits per heavy atom. The van der Waals surface area contributed by atoms with Crippen LogP contribution in [0.4, 0.5) is 10.1 Å². The zero-order valence-electron chi connectivity index (χ0n) is 11.3. The first kappa shape index (κ1) is 7.46. The van der Waals surface area contributed by atoms with Gasteiger partial charge in [0.05, 0.1) is 17.7 Å². The molecule has 82 valence electrons. The van der Waals surface area contributed by atoms with E-state index in [0.717, 1.165) is 0 Å². The standard InChI is InChI=1S/C9H9BrFN3.ClH/c10-6-2-1-3-7(11)8(6)14-9-12-4-5-13-9;/h1-3H,4-5H2,(H2,12,13,14);1H/i4D2,5D2;. The number of hydrogen-bond donors (Lipinski definition) is 2. The molecule has 1 aromatic carbocycles. The van der Waals surface area contributed by atoms with E-state index in [9.17, 15) is 4.39 Å². The van der Waals surface area contributed by atoms with E-state index >= 15 is 0 Å². The van der Waals surface area contributed by atoms with Gasteiger partial charge in [-0.2, -0.15) is 0 Å². The average molecular weight is 299 g/mol. The topological polar surface area (TPSA) is 36.4 Å². The molecule has 0 spiro atoms. The Bertz CT molecular complexity index is 506. The average Bonchev–Trinajstić information content (AvgIpc) is 2.42. The van der Waals surface area contributed by atoms with Crippen LogP contribution in [0.2, 0.25) is 0 Å². The fraction of sp³-hybridized carbons (Fsp3) is 0.222. The van der Waals surface area contributed by atoms with Gasteiger partial charge in [0, 0.05) is 11.0 Å². The van der Waals surface area contributed by atoms with Crippen molar-refractivity contribution in [3.8, 4) is 0 Å². The molecule has 1 aromatic rings. The summed E-state index contributed by atoms with van der Waals surface area (Å²) in [4.78, 5) is 3.52. The zero-order chi connectivity index (χ0) is 13.6. The maximum absolute atomic E-state index is 13.5. The lowest BCUT2D eigenvalue weighted by Gasteiger charge is -2.09. The molecule has 0 aromatic heterocycles. The highest BCUT2D eigenvalue weighted by molar-refractivity contribution is 9.10. The molecule has 0 saturated carbocycles. The normalized spacial score (nSPS) is 24.5. The van der Waals surface area contributed by atoms with Crippen LogP contribution < -0.4 is 10.6 Å². The van der Waals surface area contributed by atoms with E-state index in [-0.39, 0.29) is 24.1 Å². The van der Waals surface area contributed by atoms with Crippen LogP contribution in [0.1, 0.15) is 5.48 Å². The molecule has 3 nitrogen and oxygen atoms in total. The predicted molar refractivity (Wildman–Crippen MR) is 65.3 cm³/mol. The Labute approximate surface area is 107 Å². The Morgan fingerprint density at radius 2 is 2.40 bits per heavy atom. The number of benzene rings is 1. The smallest absolute Gasteiger partial charge is 0.196 e. The number of hydrogen-bond acceptors (Lipinski definition) is 3. The van der Waals surface area contributed by atoms with Crippen molar-refractivity contribution in [1.82, 2.24) is 5.32 Å². The van der Waals surface area contributed by atoms with Crippen LogP contribution in [0.25, 0.3) is 0 Å². The van der Waals surface area contributed by atoms with Gasteiger partial charge in [0.1, 0.15) is 5.82 Å². The van der Waals surface area contributed by atoms with Gasteiger partial charge in [-0.1, -0.05) is 6.07 Å². The second-order valence-electron chi connectivity index (χ2n) is 2.54. The highest BCUT2D eigenvalue weighted by Gasteiger charge is 2.10. The van der Waals surface area contributed by atoms with Crippen molar-refractivity contribution < 1.29 is 9.87 Å². The first-order valence-corrected chi connectivity index (χ1v) is 4.61. The van der Waals surface area contributed by atoms with Crippen LogP contribution in [0, 0.1) is 5.82 Å². The van der Waals surface area contributed by atoms with Crippen LogP contribution in [-0.4, -0.2) is 19.0 Å². The van der Waals surface area contributed by atoms with Crippen LogP contribution in [0.3, 0.4) is 0 Å². The Hall–Kier alpha value is -0.810. The molecule has 2 rings (SSSR count). The number of anilines is 1. The molecule has 0 fully saturated rings. The molecule has 0 aliphatic carbocycles. The number of rotatable bonds is 1. The van der Waals surface area contributed by atoms with E-state index < -0.39 is 18.8 Å². The van der Waals surface area contributed by atoms with Gasteiger partial charge in [0.25, 0.3) is 0 Å². The summed E-state index contributed by atoms with van der Waals surface area (Å²) in [7, 11) is 0. The summed E-state index contributed by atoms with van der Waals surface area (Å²) in [6.45, 7) is -4.75. The molecule has 0 amide bonds. The lowest BCUT2D eigenvalue weighted by Crippen LogP contribution is -2.26. The third-order valence-corrected chi connectivity index (χ3v) is 2.27. The third-order valence-electron chi connectivity index (χ3n) is 1.61. The van der Waals surface area contributed by atoms with E-state index in [4.69, 9.17) is 5.48 Å². The molecule has 1 heterocycles. The maximum Gasteiger partial charge on any atom is 0.196 e. The van der Waals surface area contributed by atoms with Crippen molar-refractivity contribution in [2.75, 3.05) is 18.3 Å². The van der Waals surface area contributed by atoms with E-state index in [1.807, 2.05) is 0 Å². The second kappa shape index (κ2) is 5.32. The quantitative estimate of drug-likeness (QED) is 0.835. The number of aliphatic imine (C=N–C) groups is 1. The fourth-order valence-corrected chi connectivity index (χ4v) is 1.43. The monoisotopic (exact) mass is 297 g/mol. The summed E-state index contributed by atoms with van der Waals surface area (Å²) in [6.07, 6.45) is 0. The van der Waals surface area contributed by atoms with Crippen molar-refractivity contribution >= 4 is 40.0 Å². The third kappa shape index (κ3) is 2.82. The summed E-state index contributed by atoms with van der Waals surface area (Å²) in [5, 5.41) is 4.76. The van der Waals surface area contributed by atoms with E-state index in [2.05, 4.69) is 31.6 Å². The molecule has 0 radical (unpaired) electrons. The molecule has 0 bridgehead atoms. The molecule has 0 atom stereocenters. The Kier molecular flexibility index (Phi) is 2.65. The predicted octanol–water partition coefficient (Wildman–Crippen LogP) is 2.38. The van der Waals surface area contributed by atoms with Gasteiger partial charge in [-0.25, -0.2) is 4.39 Å². The fourth-order valence-electron chi connectivity index (χ4n) is 0.994. The number of nitrogens with one attached hydrogen (secondary N) is 2. The molecule has 6 heteroatoms. The van der Waals surface area contributed by atoms with Crippen molar-refractivity contribution in [2.45, 2.75) is 0 Å². The first-order valence-electron chi connectivity index (χ1n) is 5.82. The van der Waals surface area contributed by atoms with Gasteiger partial charge in [-0.05, 0) is 28.1 Å². The van der Waals surface area contributed by atoms with Crippen LogP contribution in [0.5, 0.6) is 0 Å². The van der Waals surface area contributed by atoms with E-state index in [1.54, 1.807) is 6.07 Å². The van der Waals surface area contributed by atoms with Gasteiger partial charge >= 0.3 is 0 Å². The van der Waals surface area contributed by atoms with Crippen LogP contribution in [0.15, 0.2) is 27.7 Å². The zero-order valence-corrected chi connectivity index (χ0v) is 9.75. The van der Waals surface area contributed by atoms with Crippen molar-refractivity contribution in [2.24, 2.45) is 4.99 Å². The lowest BCUT2D eigenvalue weighted by atomic mass is 10.3. The number of guanidine groups is 1. The van der Waals surface area contributed by atoms with E-state index in [0.29, 0.717) is 4.47 Å². The van der Waals surface area contributed by atoms with Crippen LogP contribution >= 0.6 is 28.3 Å². The molecule has 0 unspecified atom stereocenters. The largest absolute Gasteiger partial charge is 0.354 e. The van der Waals surface area contributed by atoms with E-state index in [1.165, 1.54) is 12.1 Å². The molecular formula is C9H10BrClFN3. The molecule has 15 heavy (non-hydrogen) atoms. The summed E-state index contributed by atoms with van der Waals surface area (Å²) < 4.78 is 43.6. The first-order chi connectivity index (χ1) is 8.23.